The summed E-state index contributed by atoms with van der Waals surface area (Å²) in [5, 5.41) is 12.5. The third-order valence-corrected chi connectivity index (χ3v) is 12.9. The van der Waals surface area contributed by atoms with Gasteiger partial charge in [0.05, 0.1) is 21.3 Å². The number of aromatic carboxylic acids is 1. The molecule has 0 spiro atoms. The molecule has 0 saturated heterocycles. The van der Waals surface area contributed by atoms with Crippen molar-refractivity contribution in [2.75, 3.05) is 5.32 Å². The number of anilines is 1. The number of rotatable bonds is 6. The molecule has 2 N–H and O–H groups in total. The van der Waals surface area contributed by atoms with Gasteiger partial charge in [-0.3, -0.25) is 4.79 Å². The van der Waals surface area contributed by atoms with Crippen molar-refractivity contribution in [1.82, 2.24) is 4.98 Å². The predicted molar refractivity (Wildman–Crippen MR) is 163 cm³/mol. The normalized spacial score (nSPS) is 11.1. The minimum atomic E-state index is -1.23. The number of carboxylic acid groups (broad SMARTS) is 1. The number of nitrogens with one attached hydrogen (secondary N) is 1. The summed E-state index contributed by atoms with van der Waals surface area (Å²) < 4.78 is 5.48. The van der Waals surface area contributed by atoms with E-state index in [4.69, 9.17) is 0 Å². The summed E-state index contributed by atoms with van der Waals surface area (Å²) in [6.07, 6.45) is 0. The molecule has 3 aromatic carbocycles. The second-order valence-electron chi connectivity index (χ2n) is 6.95. The van der Waals surface area contributed by atoms with Gasteiger partial charge in [-0.15, -0.1) is 11.3 Å². The van der Waals surface area contributed by atoms with Gasteiger partial charge in [0.25, 0.3) is 5.91 Å². The molecule has 0 unspecified atom stereocenters. The van der Waals surface area contributed by atoms with Crippen molar-refractivity contribution >= 4 is 146 Å². The minimum Gasteiger partial charge on any atom is -0.478 e. The fraction of sp³-hybridized carbons (Fsp3) is 0.0455. The van der Waals surface area contributed by atoms with Crippen LogP contribution < -0.4 is 5.32 Å². The summed E-state index contributed by atoms with van der Waals surface area (Å²) in [4.78, 5) is 29.7. The number of carboxylic acids is 1. The van der Waals surface area contributed by atoms with Crippen molar-refractivity contribution in [3.05, 3.63) is 79.9 Å². The molecule has 4 aromatic rings. The molecule has 5 nitrogen and oxygen atoms in total. The van der Waals surface area contributed by atoms with Crippen LogP contribution in [-0.4, -0.2) is 22.0 Å². The van der Waals surface area contributed by atoms with Gasteiger partial charge in [-0.05, 0) is 99.6 Å². The average Bonchev–Trinajstić information content (AvgIpc) is 3.21. The zero-order valence-electron chi connectivity index (χ0n) is 17.0. The molecule has 1 heterocycles. The zero-order chi connectivity index (χ0) is 25.4. The molecule has 4 rings (SSSR count). The van der Waals surface area contributed by atoms with Crippen molar-refractivity contribution in [1.29, 1.82) is 0 Å². The first-order chi connectivity index (χ1) is 16.6. The van der Waals surface area contributed by atoms with Crippen LogP contribution in [0.2, 0.25) is 0 Å². The van der Waals surface area contributed by atoms with Crippen molar-refractivity contribution in [2.45, 2.75) is 10.1 Å². The first-order valence-electron chi connectivity index (χ1n) is 9.44. The average molecular weight is 894 g/mol. The molecule has 1 aromatic heterocycles. The first kappa shape index (κ1) is 27.7. The van der Waals surface area contributed by atoms with Crippen LogP contribution in [0.3, 0.4) is 0 Å². The molecule has 35 heavy (non-hydrogen) atoms. The Balaban J connectivity index is 1.58. The molecule has 13 heteroatoms. The number of nitrogens with zero attached hydrogens (tertiary/aromatic N) is 1. The number of aromatic nitrogens is 1. The predicted octanol–water partition coefficient (Wildman–Crippen LogP) is 10.1. The Bertz CT molecular complexity index is 1510. The van der Waals surface area contributed by atoms with E-state index in [0.717, 1.165) is 34.8 Å². The molecular formula is C22H10Br6N2O3S2. The Labute approximate surface area is 258 Å². The fourth-order valence-electron chi connectivity index (χ4n) is 3.06. The van der Waals surface area contributed by atoms with E-state index < -0.39 is 11.9 Å². The van der Waals surface area contributed by atoms with Crippen LogP contribution in [0.25, 0.3) is 10.2 Å². The quantitative estimate of drug-likeness (QED) is 0.115. The Morgan fingerprint density at radius 3 is 2.26 bits per heavy atom. The maximum atomic E-state index is 13.1. The Hall–Kier alpha value is -0.280. The van der Waals surface area contributed by atoms with E-state index >= 15 is 0 Å². The summed E-state index contributed by atoms with van der Waals surface area (Å²) in [5.41, 5.74) is 2.38. The molecule has 0 atom stereocenters. The van der Waals surface area contributed by atoms with E-state index in [2.05, 4.69) is 112 Å². The van der Waals surface area contributed by atoms with Crippen LogP contribution >= 0.6 is 119 Å². The van der Waals surface area contributed by atoms with E-state index in [-0.39, 0.29) is 15.6 Å². The van der Waals surface area contributed by atoms with E-state index in [1.165, 1.54) is 11.3 Å². The molecule has 0 bridgehead atoms. The number of thiazole rings is 1. The number of hydrogen-bond donors (Lipinski definition) is 2. The summed E-state index contributed by atoms with van der Waals surface area (Å²) in [6.45, 7) is 0. The molecule has 0 radical (unpaired) electrons. The van der Waals surface area contributed by atoms with Crippen molar-refractivity contribution in [3.8, 4) is 0 Å². The lowest BCUT2D eigenvalue weighted by Crippen LogP contribution is -2.18. The highest BCUT2D eigenvalue weighted by Crippen LogP contribution is 2.42. The highest BCUT2D eigenvalue weighted by atomic mass is 79.9. The Morgan fingerprint density at radius 2 is 1.60 bits per heavy atom. The number of benzene rings is 3. The van der Waals surface area contributed by atoms with Crippen LogP contribution in [0.4, 0.5) is 5.69 Å². The van der Waals surface area contributed by atoms with E-state index in [1.54, 1.807) is 17.8 Å². The van der Waals surface area contributed by atoms with Crippen LogP contribution in [0.15, 0.2) is 67.6 Å². The van der Waals surface area contributed by atoms with Crippen LogP contribution in [0.5, 0.6) is 0 Å². The molecule has 0 aliphatic carbocycles. The SMILES string of the molecule is O=C(O)c1c(Br)c(Br)c(Br)c(Br)c1C(=O)Nc1ccc2nc(SCc3ccc(Br)cc3Br)sc2c1. The van der Waals surface area contributed by atoms with Crippen LogP contribution in [-0.2, 0) is 5.75 Å². The lowest BCUT2D eigenvalue weighted by molar-refractivity contribution is 0.0691. The third kappa shape index (κ3) is 6.08. The number of hydrogen-bond acceptors (Lipinski definition) is 5. The van der Waals surface area contributed by atoms with E-state index in [1.807, 2.05) is 24.3 Å². The van der Waals surface area contributed by atoms with Gasteiger partial charge in [0, 0.05) is 38.3 Å². The monoisotopic (exact) mass is 888 g/mol. The summed E-state index contributed by atoms with van der Waals surface area (Å²) >= 11 is 23.6. The zero-order valence-corrected chi connectivity index (χ0v) is 28.1. The number of halogens is 6. The van der Waals surface area contributed by atoms with Gasteiger partial charge >= 0.3 is 5.97 Å². The van der Waals surface area contributed by atoms with Crippen molar-refractivity contribution in [3.63, 3.8) is 0 Å². The maximum absolute atomic E-state index is 13.1. The Morgan fingerprint density at radius 1 is 0.914 bits per heavy atom. The second-order valence-corrected chi connectivity index (χ2v) is 14.1. The topological polar surface area (TPSA) is 79.3 Å². The van der Waals surface area contributed by atoms with Crippen molar-refractivity contribution in [2.24, 2.45) is 0 Å². The lowest BCUT2D eigenvalue weighted by Gasteiger charge is -2.14. The van der Waals surface area contributed by atoms with E-state index in [9.17, 15) is 14.7 Å². The van der Waals surface area contributed by atoms with Crippen molar-refractivity contribution < 1.29 is 14.7 Å². The van der Waals surface area contributed by atoms with Gasteiger partial charge in [0.15, 0.2) is 4.34 Å². The fourth-order valence-corrected chi connectivity index (χ4v) is 9.01. The highest BCUT2D eigenvalue weighted by Gasteiger charge is 2.28. The molecule has 0 aliphatic rings. The number of carbonyl (C=O) groups is 2. The molecule has 0 saturated carbocycles. The minimum absolute atomic E-state index is 0.000158. The van der Waals surface area contributed by atoms with Crippen LogP contribution in [0, 0.1) is 0 Å². The number of thioether (sulfide) groups is 1. The summed E-state index contributed by atoms with van der Waals surface area (Å²) in [5.74, 6) is -1.02. The lowest BCUT2D eigenvalue weighted by atomic mass is 10.1. The highest BCUT2D eigenvalue weighted by molar-refractivity contribution is 9.15. The first-order valence-corrected chi connectivity index (χ1v) is 16.0. The largest absolute Gasteiger partial charge is 0.478 e. The molecule has 180 valence electrons. The third-order valence-electron chi connectivity index (χ3n) is 4.70. The van der Waals surface area contributed by atoms with Gasteiger partial charge in [0.1, 0.15) is 0 Å². The molecule has 0 fully saturated rings. The Kier molecular flexibility index (Phi) is 9.22. The molecule has 0 aliphatic heterocycles. The number of amides is 1. The van der Waals surface area contributed by atoms with Gasteiger partial charge in [0.2, 0.25) is 0 Å². The van der Waals surface area contributed by atoms with Gasteiger partial charge in [-0.2, -0.15) is 0 Å². The van der Waals surface area contributed by atoms with E-state index in [0.29, 0.717) is 19.1 Å². The van der Waals surface area contributed by atoms with Crippen LogP contribution in [0.1, 0.15) is 26.3 Å². The van der Waals surface area contributed by atoms with Gasteiger partial charge in [-0.1, -0.05) is 49.7 Å². The second kappa shape index (κ2) is 11.6. The van der Waals surface area contributed by atoms with Gasteiger partial charge in [-0.25, -0.2) is 9.78 Å². The molecule has 1 amide bonds. The number of fused-ring (bicyclic) bond motifs is 1. The van der Waals surface area contributed by atoms with Gasteiger partial charge < -0.3 is 10.4 Å². The standard InChI is InChI=1S/C22H10Br6N2O3S2/c23-9-2-1-8(11(24)5-9)7-34-22-30-12-4-3-10(6-13(12)35-22)29-20(31)14-15(21(32)33)17(26)19(28)18(27)16(14)25/h1-6H,7H2,(H,29,31)(H,32,33). The smallest absolute Gasteiger partial charge is 0.337 e. The molecular weight excluding hydrogens is 884 g/mol. The summed E-state index contributed by atoms with van der Waals surface area (Å²) in [6, 6.07) is 11.5. The number of carbonyl (C=O) groups excluding carboxylic acids is 1. The summed E-state index contributed by atoms with van der Waals surface area (Å²) in [7, 11) is 0. The maximum Gasteiger partial charge on any atom is 0.337 e.